The van der Waals surface area contributed by atoms with Crippen LogP contribution >= 0.6 is 0 Å². The maximum Gasteiger partial charge on any atom is 0.513 e. The van der Waals surface area contributed by atoms with E-state index in [9.17, 15) is 12.9 Å². The fraction of sp³-hybridized carbons (Fsp3) is 0.538. The highest BCUT2D eigenvalue weighted by molar-refractivity contribution is 6.74. The van der Waals surface area contributed by atoms with E-state index in [1.807, 2.05) is 0 Å². The average molecular weight is 289 g/mol. The summed E-state index contributed by atoms with van der Waals surface area (Å²) in [5, 5.41) is 0. The molecule has 1 unspecified atom stereocenters. The van der Waals surface area contributed by atoms with Crippen molar-refractivity contribution >= 4 is 12.4 Å². The standard InChI is InChI=1S/C13H17BF3O3/c1-18-11-4-5-13(12(9-11)14(15,16)17)20-8-6-10-3-2-7-19-10/h4-5,9-10H,2-3,6-8H2,1H3/q-1. The van der Waals surface area contributed by atoms with E-state index in [1.54, 1.807) is 0 Å². The van der Waals surface area contributed by atoms with Gasteiger partial charge in [0.25, 0.3) is 0 Å². The Morgan fingerprint density at radius 2 is 2.15 bits per heavy atom. The molecule has 1 heterocycles. The van der Waals surface area contributed by atoms with Gasteiger partial charge in [0.05, 0.1) is 25.6 Å². The zero-order chi connectivity index (χ0) is 14.6. The van der Waals surface area contributed by atoms with E-state index in [0.29, 0.717) is 6.42 Å². The molecule has 0 saturated carbocycles. The van der Waals surface area contributed by atoms with Crippen molar-refractivity contribution < 1.29 is 27.2 Å². The summed E-state index contributed by atoms with van der Waals surface area (Å²) in [5.41, 5.74) is -0.753. The topological polar surface area (TPSA) is 27.7 Å². The van der Waals surface area contributed by atoms with Crippen LogP contribution in [0.5, 0.6) is 11.5 Å². The Kier molecular flexibility index (Phi) is 4.80. The van der Waals surface area contributed by atoms with Gasteiger partial charge in [-0.3, -0.25) is 0 Å². The smallest absolute Gasteiger partial charge is 0.497 e. The fourth-order valence-corrected chi connectivity index (χ4v) is 2.21. The molecule has 20 heavy (non-hydrogen) atoms. The number of halogens is 3. The lowest BCUT2D eigenvalue weighted by Crippen LogP contribution is -2.35. The summed E-state index contributed by atoms with van der Waals surface area (Å²) in [6.45, 7) is -4.19. The summed E-state index contributed by atoms with van der Waals surface area (Å²) >= 11 is 0. The minimum atomic E-state index is -5.13. The molecule has 1 saturated heterocycles. The first-order chi connectivity index (χ1) is 9.50. The normalized spacial score (nSPS) is 19.1. The van der Waals surface area contributed by atoms with Crippen LogP contribution in [0.2, 0.25) is 0 Å². The molecule has 1 aliphatic rings. The summed E-state index contributed by atoms with van der Waals surface area (Å²) in [5.74, 6) is 0.0296. The minimum absolute atomic E-state index is 0.105. The molecule has 0 aliphatic carbocycles. The Balaban J connectivity index is 2.02. The van der Waals surface area contributed by atoms with Gasteiger partial charge in [-0.15, -0.1) is 0 Å². The van der Waals surface area contributed by atoms with Crippen LogP contribution in [0.1, 0.15) is 19.3 Å². The van der Waals surface area contributed by atoms with E-state index >= 15 is 0 Å². The molecular weight excluding hydrogens is 272 g/mol. The van der Waals surface area contributed by atoms with Crippen LogP contribution in [0.15, 0.2) is 18.2 Å². The van der Waals surface area contributed by atoms with Crippen LogP contribution in [0.25, 0.3) is 0 Å². The van der Waals surface area contributed by atoms with Gasteiger partial charge < -0.3 is 27.2 Å². The zero-order valence-corrected chi connectivity index (χ0v) is 11.3. The second-order valence-corrected chi connectivity index (χ2v) is 4.75. The number of hydrogen-bond acceptors (Lipinski definition) is 3. The first-order valence-electron chi connectivity index (χ1n) is 6.63. The van der Waals surface area contributed by atoms with Crippen molar-refractivity contribution in [3.05, 3.63) is 18.2 Å². The van der Waals surface area contributed by atoms with E-state index in [0.717, 1.165) is 25.5 Å². The number of ether oxygens (including phenoxy) is 3. The van der Waals surface area contributed by atoms with E-state index in [1.165, 1.54) is 19.2 Å². The second kappa shape index (κ2) is 6.39. The molecule has 3 nitrogen and oxygen atoms in total. The molecule has 0 aromatic heterocycles. The fourth-order valence-electron chi connectivity index (χ4n) is 2.21. The van der Waals surface area contributed by atoms with Crippen LogP contribution in [0.3, 0.4) is 0 Å². The Labute approximate surface area is 116 Å². The molecule has 1 atom stereocenters. The van der Waals surface area contributed by atoms with Crippen LogP contribution in [0.4, 0.5) is 12.9 Å². The van der Waals surface area contributed by atoms with Gasteiger partial charge in [0, 0.05) is 13.0 Å². The molecule has 1 aromatic rings. The molecule has 0 N–H and O–H groups in total. The molecule has 112 valence electrons. The molecule has 0 amide bonds. The molecule has 1 aromatic carbocycles. The van der Waals surface area contributed by atoms with Crippen LogP contribution in [0, 0.1) is 0 Å². The summed E-state index contributed by atoms with van der Waals surface area (Å²) in [7, 11) is 1.33. The van der Waals surface area contributed by atoms with Crippen molar-refractivity contribution in [2.75, 3.05) is 20.3 Å². The average Bonchev–Trinajstić information content (AvgIpc) is 2.91. The van der Waals surface area contributed by atoms with Gasteiger partial charge in [-0.2, -0.15) is 0 Å². The third kappa shape index (κ3) is 3.82. The molecule has 7 heteroatoms. The SMILES string of the molecule is COc1ccc(OCCC2CCCO2)c([B-](F)(F)F)c1. The van der Waals surface area contributed by atoms with Crippen molar-refractivity contribution in [1.82, 2.24) is 0 Å². The van der Waals surface area contributed by atoms with E-state index < -0.39 is 12.4 Å². The van der Waals surface area contributed by atoms with Gasteiger partial charge in [0.2, 0.25) is 0 Å². The van der Waals surface area contributed by atoms with E-state index in [2.05, 4.69) is 0 Å². The first kappa shape index (κ1) is 15.0. The molecule has 2 rings (SSSR count). The highest BCUT2D eigenvalue weighted by Gasteiger charge is 2.30. The largest absolute Gasteiger partial charge is 0.513 e. The van der Waals surface area contributed by atoms with Crippen molar-refractivity contribution in [2.45, 2.75) is 25.4 Å². The zero-order valence-electron chi connectivity index (χ0n) is 11.3. The Morgan fingerprint density at radius 3 is 2.75 bits per heavy atom. The Morgan fingerprint density at radius 1 is 1.35 bits per heavy atom. The van der Waals surface area contributed by atoms with Gasteiger partial charge in [-0.1, -0.05) is 5.46 Å². The highest BCUT2D eigenvalue weighted by atomic mass is 19.4. The van der Waals surface area contributed by atoms with Gasteiger partial charge in [-0.25, -0.2) is 0 Å². The van der Waals surface area contributed by atoms with Crippen LogP contribution < -0.4 is 14.9 Å². The predicted molar refractivity (Wildman–Crippen MR) is 70.8 cm³/mol. The molecule has 1 fully saturated rings. The third-order valence-electron chi connectivity index (χ3n) is 3.29. The van der Waals surface area contributed by atoms with Crippen molar-refractivity contribution in [3.8, 4) is 11.5 Å². The quantitative estimate of drug-likeness (QED) is 0.754. The molecular formula is C13H17BF3O3-. The molecule has 1 aliphatic heterocycles. The summed E-state index contributed by atoms with van der Waals surface area (Å²) < 4.78 is 54.5. The van der Waals surface area contributed by atoms with Crippen LogP contribution in [-0.4, -0.2) is 33.4 Å². The monoisotopic (exact) mass is 289 g/mol. The van der Waals surface area contributed by atoms with Gasteiger partial charge in [0.1, 0.15) is 5.75 Å². The highest BCUT2D eigenvalue weighted by Crippen LogP contribution is 2.23. The lowest BCUT2D eigenvalue weighted by Gasteiger charge is -2.21. The minimum Gasteiger partial charge on any atom is -0.497 e. The van der Waals surface area contributed by atoms with E-state index in [4.69, 9.17) is 14.2 Å². The Hall–Kier alpha value is -1.37. The number of methoxy groups -OCH3 is 1. The second-order valence-electron chi connectivity index (χ2n) is 4.75. The Bertz CT molecular complexity index is 445. The van der Waals surface area contributed by atoms with Gasteiger partial charge >= 0.3 is 6.98 Å². The maximum atomic E-state index is 13.0. The molecule has 0 spiro atoms. The third-order valence-corrected chi connectivity index (χ3v) is 3.29. The summed E-state index contributed by atoms with van der Waals surface area (Å²) in [4.78, 5) is 0. The van der Waals surface area contributed by atoms with E-state index in [-0.39, 0.29) is 24.2 Å². The number of benzene rings is 1. The number of rotatable bonds is 6. The van der Waals surface area contributed by atoms with Crippen molar-refractivity contribution in [3.63, 3.8) is 0 Å². The van der Waals surface area contributed by atoms with Gasteiger partial charge in [-0.05, 0) is 31.0 Å². The van der Waals surface area contributed by atoms with Crippen molar-refractivity contribution in [2.24, 2.45) is 0 Å². The lowest BCUT2D eigenvalue weighted by molar-refractivity contribution is 0.0904. The molecule has 0 bridgehead atoms. The lowest BCUT2D eigenvalue weighted by atomic mass is 9.79. The first-order valence-corrected chi connectivity index (χ1v) is 6.63. The molecule has 0 radical (unpaired) electrons. The number of hydrogen-bond donors (Lipinski definition) is 0. The predicted octanol–water partition coefficient (Wildman–Crippen LogP) is 2.70. The maximum absolute atomic E-state index is 13.0. The van der Waals surface area contributed by atoms with Gasteiger partial charge in [0.15, 0.2) is 0 Å². The van der Waals surface area contributed by atoms with Crippen molar-refractivity contribution in [1.29, 1.82) is 0 Å². The van der Waals surface area contributed by atoms with Crippen LogP contribution in [-0.2, 0) is 4.74 Å². The summed E-state index contributed by atoms with van der Waals surface area (Å²) in [6.07, 6.45) is 2.66. The summed E-state index contributed by atoms with van der Waals surface area (Å²) in [6, 6.07) is 3.74.